The first-order valence-electron chi connectivity index (χ1n) is 6.27. The number of carbonyl (C=O) groups is 3. The first kappa shape index (κ1) is 15.6. The maximum atomic E-state index is 11.9. The van der Waals surface area contributed by atoms with E-state index in [1.165, 1.54) is 4.90 Å². The molecule has 6 nitrogen and oxygen atoms in total. The number of rotatable bonds is 5. The Bertz CT molecular complexity index is 380. The molecule has 1 rings (SSSR count). The van der Waals surface area contributed by atoms with Crippen LogP contribution in [0.3, 0.4) is 0 Å². The van der Waals surface area contributed by atoms with Gasteiger partial charge >= 0.3 is 0 Å². The first-order valence-corrected chi connectivity index (χ1v) is 6.68. The summed E-state index contributed by atoms with van der Waals surface area (Å²) >= 11 is 4.74. The first-order chi connectivity index (χ1) is 8.91. The fourth-order valence-electron chi connectivity index (χ4n) is 1.80. The second-order valence-electron chi connectivity index (χ2n) is 4.61. The van der Waals surface area contributed by atoms with Crippen LogP contribution in [0.4, 0.5) is 0 Å². The van der Waals surface area contributed by atoms with Crippen molar-refractivity contribution in [1.82, 2.24) is 9.80 Å². The van der Waals surface area contributed by atoms with E-state index in [4.69, 9.17) is 18.0 Å². The van der Waals surface area contributed by atoms with Gasteiger partial charge in [0, 0.05) is 32.9 Å². The number of carbonyl (C=O) groups excluding carboxylic acids is 3. The molecule has 7 heteroatoms. The molecule has 0 radical (unpaired) electrons. The van der Waals surface area contributed by atoms with Crippen LogP contribution in [0, 0.1) is 0 Å². The molecular formula is C12H19N3O3S. The van der Waals surface area contributed by atoms with Gasteiger partial charge in [0.1, 0.15) is 6.54 Å². The maximum absolute atomic E-state index is 11.9. The monoisotopic (exact) mass is 285 g/mol. The lowest BCUT2D eigenvalue weighted by Gasteiger charge is -2.22. The molecule has 0 atom stereocenters. The Morgan fingerprint density at radius 3 is 2.32 bits per heavy atom. The molecule has 1 aliphatic heterocycles. The van der Waals surface area contributed by atoms with Crippen molar-refractivity contribution in [3.05, 3.63) is 0 Å². The van der Waals surface area contributed by atoms with Crippen molar-refractivity contribution in [3.63, 3.8) is 0 Å². The molecule has 1 saturated heterocycles. The van der Waals surface area contributed by atoms with E-state index in [2.05, 4.69) is 0 Å². The van der Waals surface area contributed by atoms with Gasteiger partial charge in [-0.1, -0.05) is 12.2 Å². The number of hydrogen-bond acceptors (Lipinski definition) is 4. The van der Waals surface area contributed by atoms with Crippen LogP contribution in [0.1, 0.15) is 32.1 Å². The van der Waals surface area contributed by atoms with Gasteiger partial charge in [-0.05, 0) is 12.8 Å². The summed E-state index contributed by atoms with van der Waals surface area (Å²) in [6.07, 6.45) is 2.49. The van der Waals surface area contributed by atoms with E-state index in [1.807, 2.05) is 0 Å². The number of thiocarbonyl (C=S) groups is 1. The fraction of sp³-hybridized carbons (Fsp3) is 0.667. The van der Waals surface area contributed by atoms with Gasteiger partial charge in [-0.2, -0.15) is 0 Å². The van der Waals surface area contributed by atoms with E-state index in [0.717, 1.165) is 4.90 Å². The Labute approximate surface area is 117 Å². The molecule has 0 saturated carbocycles. The highest BCUT2D eigenvalue weighted by molar-refractivity contribution is 7.80. The predicted molar refractivity (Wildman–Crippen MR) is 74.2 cm³/mol. The smallest absolute Gasteiger partial charge is 0.242 e. The molecule has 0 aliphatic carbocycles. The van der Waals surface area contributed by atoms with Crippen LogP contribution in [0.2, 0.25) is 0 Å². The van der Waals surface area contributed by atoms with E-state index >= 15 is 0 Å². The van der Waals surface area contributed by atoms with Crippen molar-refractivity contribution in [1.29, 1.82) is 0 Å². The quantitative estimate of drug-likeness (QED) is 0.570. The zero-order valence-corrected chi connectivity index (χ0v) is 11.9. The van der Waals surface area contributed by atoms with Gasteiger partial charge in [-0.3, -0.25) is 19.3 Å². The van der Waals surface area contributed by atoms with Gasteiger partial charge in [-0.25, -0.2) is 0 Å². The number of likely N-dealkylation sites (N-methyl/N-ethyl adjacent to an activating group) is 1. The van der Waals surface area contributed by atoms with Crippen LogP contribution < -0.4 is 5.73 Å². The van der Waals surface area contributed by atoms with Crippen molar-refractivity contribution in [2.45, 2.75) is 32.1 Å². The van der Waals surface area contributed by atoms with Gasteiger partial charge in [0.25, 0.3) is 0 Å². The van der Waals surface area contributed by atoms with Crippen molar-refractivity contribution < 1.29 is 14.4 Å². The third-order valence-corrected chi connectivity index (χ3v) is 3.25. The Morgan fingerprint density at radius 2 is 1.84 bits per heavy atom. The zero-order chi connectivity index (χ0) is 14.4. The van der Waals surface area contributed by atoms with Crippen LogP contribution in [0.25, 0.3) is 0 Å². The van der Waals surface area contributed by atoms with Crippen LogP contribution in [0.15, 0.2) is 0 Å². The number of amides is 3. The highest BCUT2D eigenvalue weighted by Gasteiger charge is 2.26. The van der Waals surface area contributed by atoms with Crippen molar-refractivity contribution in [2.24, 2.45) is 5.73 Å². The molecule has 1 fully saturated rings. The lowest BCUT2D eigenvalue weighted by atomic mass is 10.2. The van der Waals surface area contributed by atoms with E-state index in [1.54, 1.807) is 7.05 Å². The molecule has 0 aromatic heterocycles. The summed E-state index contributed by atoms with van der Waals surface area (Å²) in [5, 5.41) is 0. The number of nitrogens with two attached hydrogens (primary N) is 1. The lowest BCUT2D eigenvalue weighted by molar-refractivity contribution is -0.149. The number of nitrogens with zero attached hydrogens (tertiary/aromatic N) is 2. The Balaban J connectivity index is 2.55. The van der Waals surface area contributed by atoms with Gasteiger partial charge in [0.15, 0.2) is 0 Å². The molecule has 3 amide bonds. The van der Waals surface area contributed by atoms with Crippen molar-refractivity contribution >= 4 is 34.9 Å². The number of hydrogen-bond donors (Lipinski definition) is 1. The van der Waals surface area contributed by atoms with E-state index in [9.17, 15) is 14.4 Å². The van der Waals surface area contributed by atoms with Crippen molar-refractivity contribution in [2.75, 3.05) is 20.1 Å². The molecule has 0 aromatic carbocycles. The molecule has 1 aliphatic rings. The Kier molecular flexibility index (Phi) is 5.88. The molecule has 1 heterocycles. The number of likely N-dealkylation sites (tertiary alicyclic amines) is 1. The summed E-state index contributed by atoms with van der Waals surface area (Å²) in [4.78, 5) is 38.2. The summed E-state index contributed by atoms with van der Waals surface area (Å²) in [6.45, 7) is 0.204. The van der Waals surface area contributed by atoms with Crippen molar-refractivity contribution in [3.8, 4) is 0 Å². The van der Waals surface area contributed by atoms with Crippen LogP contribution >= 0.6 is 12.2 Å². The summed E-state index contributed by atoms with van der Waals surface area (Å²) in [6, 6.07) is 0. The topological polar surface area (TPSA) is 83.7 Å². The van der Waals surface area contributed by atoms with Gasteiger partial charge in [0.2, 0.25) is 17.7 Å². The predicted octanol–water partition coefficient (Wildman–Crippen LogP) is 0.0502. The van der Waals surface area contributed by atoms with Crippen LogP contribution in [0.5, 0.6) is 0 Å². The minimum absolute atomic E-state index is 0.189. The minimum Gasteiger partial charge on any atom is -0.393 e. The van der Waals surface area contributed by atoms with E-state index in [-0.39, 0.29) is 24.3 Å². The third kappa shape index (κ3) is 4.94. The second-order valence-corrected chi connectivity index (χ2v) is 5.14. The van der Waals surface area contributed by atoms with Gasteiger partial charge in [0.05, 0.1) is 4.99 Å². The fourth-order valence-corrected chi connectivity index (χ4v) is 1.89. The van der Waals surface area contributed by atoms with Gasteiger partial charge < -0.3 is 10.6 Å². The maximum Gasteiger partial charge on any atom is 0.242 e. The van der Waals surface area contributed by atoms with E-state index in [0.29, 0.717) is 43.6 Å². The highest BCUT2D eigenvalue weighted by Crippen LogP contribution is 2.12. The lowest BCUT2D eigenvalue weighted by Crippen LogP contribution is -2.44. The van der Waals surface area contributed by atoms with E-state index < -0.39 is 0 Å². The Hall–Kier alpha value is -1.50. The second kappa shape index (κ2) is 7.18. The molecule has 0 spiro atoms. The molecule has 0 bridgehead atoms. The third-order valence-electron chi connectivity index (χ3n) is 3.05. The molecule has 0 aromatic rings. The normalized spacial score (nSPS) is 16.2. The standard InChI is InChI=1S/C12H19N3O3S/c1-14(7-6-9(13)19)12(18)8-15-10(16)4-2-3-5-11(15)17/h2-8H2,1H3,(H2,13,19). The van der Waals surface area contributed by atoms with Gasteiger partial charge in [-0.15, -0.1) is 0 Å². The highest BCUT2D eigenvalue weighted by atomic mass is 32.1. The number of imide groups is 1. The SMILES string of the molecule is CN(CCC(N)=S)C(=O)CN1C(=O)CCCCC1=O. The van der Waals surface area contributed by atoms with Crippen LogP contribution in [-0.2, 0) is 14.4 Å². The minimum atomic E-state index is -0.278. The molecular weight excluding hydrogens is 266 g/mol. The summed E-state index contributed by atoms with van der Waals surface area (Å²) in [5.41, 5.74) is 5.36. The molecule has 2 N–H and O–H groups in total. The molecule has 106 valence electrons. The average Bonchev–Trinajstić information content (AvgIpc) is 2.50. The van der Waals surface area contributed by atoms with Crippen LogP contribution in [-0.4, -0.2) is 52.6 Å². The summed E-state index contributed by atoms with van der Waals surface area (Å²) < 4.78 is 0. The summed E-state index contributed by atoms with van der Waals surface area (Å²) in [5.74, 6) is -0.808. The molecule has 0 unspecified atom stereocenters. The Morgan fingerprint density at radius 1 is 1.32 bits per heavy atom. The zero-order valence-electron chi connectivity index (χ0n) is 11.1. The average molecular weight is 285 g/mol. The largest absolute Gasteiger partial charge is 0.393 e. The molecule has 19 heavy (non-hydrogen) atoms. The summed E-state index contributed by atoms with van der Waals surface area (Å²) in [7, 11) is 1.60.